The lowest BCUT2D eigenvalue weighted by Gasteiger charge is -2.31. The largest absolute Gasteiger partial charge is 0.494 e. The molecule has 1 unspecified atom stereocenters. The smallest absolute Gasteiger partial charge is 0.230 e. The van der Waals surface area contributed by atoms with Crippen LogP contribution in [0, 0.1) is 0 Å². The fraction of sp³-hybridized carbons (Fsp3) is 0.375. The van der Waals surface area contributed by atoms with E-state index < -0.39 is 0 Å². The zero-order chi connectivity index (χ0) is 22.2. The van der Waals surface area contributed by atoms with Crippen molar-refractivity contribution in [3.8, 4) is 17.0 Å². The molecule has 7 nitrogen and oxygen atoms in total. The molecule has 8 heteroatoms. The van der Waals surface area contributed by atoms with Gasteiger partial charge in [-0.25, -0.2) is 4.98 Å². The number of thiazole rings is 1. The van der Waals surface area contributed by atoms with Crippen LogP contribution >= 0.6 is 11.3 Å². The van der Waals surface area contributed by atoms with Crippen LogP contribution < -0.4 is 15.4 Å². The Morgan fingerprint density at radius 1 is 1.31 bits per heavy atom. The Labute approximate surface area is 192 Å². The Morgan fingerprint density at radius 2 is 2.19 bits per heavy atom. The first-order valence-corrected chi connectivity index (χ1v) is 11.9. The average Bonchev–Trinajstić information content (AvgIpc) is 3.26. The predicted octanol–water partition coefficient (Wildman–Crippen LogP) is 3.45. The summed E-state index contributed by atoms with van der Waals surface area (Å²) in [7, 11) is 0. The number of hydrogen-bond donors (Lipinski definition) is 2. The van der Waals surface area contributed by atoms with Gasteiger partial charge in [-0.1, -0.05) is 12.1 Å². The Bertz CT molecular complexity index is 1010. The summed E-state index contributed by atoms with van der Waals surface area (Å²) in [4.78, 5) is 23.5. The van der Waals surface area contributed by atoms with Gasteiger partial charge in [0.25, 0.3) is 0 Å². The van der Waals surface area contributed by atoms with Crippen molar-refractivity contribution >= 4 is 22.4 Å². The molecule has 1 fully saturated rings. The molecule has 3 heterocycles. The van der Waals surface area contributed by atoms with Crippen molar-refractivity contribution in [1.29, 1.82) is 0 Å². The van der Waals surface area contributed by atoms with Gasteiger partial charge in [0.1, 0.15) is 5.75 Å². The van der Waals surface area contributed by atoms with E-state index in [4.69, 9.17) is 4.74 Å². The van der Waals surface area contributed by atoms with E-state index in [0.717, 1.165) is 55.2 Å². The zero-order valence-corrected chi connectivity index (χ0v) is 19.1. The first-order valence-electron chi connectivity index (χ1n) is 11.0. The highest BCUT2D eigenvalue weighted by atomic mass is 32.1. The van der Waals surface area contributed by atoms with Crippen molar-refractivity contribution in [3.63, 3.8) is 0 Å². The van der Waals surface area contributed by atoms with Crippen molar-refractivity contribution in [2.24, 2.45) is 0 Å². The third-order valence-corrected chi connectivity index (χ3v) is 6.09. The minimum absolute atomic E-state index is 0.0920. The van der Waals surface area contributed by atoms with E-state index in [1.165, 1.54) is 11.3 Å². The highest BCUT2D eigenvalue weighted by Crippen LogP contribution is 2.24. The van der Waals surface area contributed by atoms with Crippen molar-refractivity contribution in [3.05, 3.63) is 59.7 Å². The molecule has 0 aliphatic carbocycles. The van der Waals surface area contributed by atoms with Crippen LogP contribution in [0.15, 0.2) is 54.2 Å². The van der Waals surface area contributed by atoms with E-state index in [9.17, 15) is 4.79 Å². The molecule has 1 aromatic carbocycles. The number of pyridine rings is 1. The number of nitrogens with one attached hydrogen (secondary N) is 2. The van der Waals surface area contributed by atoms with Crippen molar-refractivity contribution in [2.45, 2.75) is 25.8 Å². The third kappa shape index (κ3) is 6.59. The van der Waals surface area contributed by atoms with Crippen LogP contribution in [0.25, 0.3) is 11.3 Å². The summed E-state index contributed by atoms with van der Waals surface area (Å²) in [5.41, 5.74) is 2.73. The minimum Gasteiger partial charge on any atom is -0.494 e. The van der Waals surface area contributed by atoms with Gasteiger partial charge in [0, 0.05) is 55.6 Å². The summed E-state index contributed by atoms with van der Waals surface area (Å²) in [5, 5.41) is 8.88. The number of carbonyl (C=O) groups excluding carboxylic acids is 1. The molecule has 2 N–H and O–H groups in total. The summed E-state index contributed by atoms with van der Waals surface area (Å²) in [6.45, 7) is 7.18. The van der Waals surface area contributed by atoms with Gasteiger partial charge in [-0.05, 0) is 43.2 Å². The standard InChI is InChI=1S/C24H29N5O2S/c1-18-16-29(12-10-26-18)11-3-13-31-21-5-2-4-19(14-21)15-23(30)28-24-27-22(17-32-24)20-6-8-25-9-7-20/h2,4-9,14,17-18,26H,3,10-13,15-16H2,1H3,(H,27,28,30). The average molecular weight is 452 g/mol. The number of hydrogen-bond acceptors (Lipinski definition) is 7. The number of piperazine rings is 1. The molecule has 0 bridgehead atoms. The number of carbonyl (C=O) groups is 1. The van der Waals surface area contributed by atoms with Crippen LogP contribution in [0.2, 0.25) is 0 Å². The van der Waals surface area contributed by atoms with E-state index in [2.05, 4.69) is 32.4 Å². The van der Waals surface area contributed by atoms with Crippen LogP contribution in [0.4, 0.5) is 5.13 Å². The van der Waals surface area contributed by atoms with Crippen molar-refractivity contribution in [1.82, 2.24) is 20.2 Å². The molecule has 1 amide bonds. The van der Waals surface area contributed by atoms with Crippen molar-refractivity contribution in [2.75, 3.05) is 38.1 Å². The number of amides is 1. The molecule has 0 saturated carbocycles. The van der Waals surface area contributed by atoms with Gasteiger partial charge in [-0.15, -0.1) is 11.3 Å². The van der Waals surface area contributed by atoms with E-state index in [1.807, 2.05) is 41.8 Å². The summed E-state index contributed by atoms with van der Waals surface area (Å²) in [6.07, 6.45) is 4.72. The quantitative estimate of drug-likeness (QED) is 0.485. The summed E-state index contributed by atoms with van der Waals surface area (Å²) in [5.74, 6) is 0.712. The lowest BCUT2D eigenvalue weighted by atomic mass is 10.1. The second-order valence-corrected chi connectivity index (χ2v) is 8.86. The predicted molar refractivity (Wildman–Crippen MR) is 128 cm³/mol. The number of benzene rings is 1. The van der Waals surface area contributed by atoms with Gasteiger partial charge < -0.3 is 20.3 Å². The second-order valence-electron chi connectivity index (χ2n) is 8.00. The zero-order valence-electron chi connectivity index (χ0n) is 18.3. The lowest BCUT2D eigenvalue weighted by molar-refractivity contribution is -0.115. The molecule has 4 rings (SSSR count). The molecule has 168 valence electrons. The maximum atomic E-state index is 12.5. The minimum atomic E-state index is -0.0920. The van der Waals surface area contributed by atoms with Crippen LogP contribution in [0.1, 0.15) is 18.9 Å². The topological polar surface area (TPSA) is 79.4 Å². The number of ether oxygens (including phenoxy) is 1. The summed E-state index contributed by atoms with van der Waals surface area (Å²) >= 11 is 1.42. The van der Waals surface area contributed by atoms with Gasteiger partial charge in [0.2, 0.25) is 5.91 Å². The maximum Gasteiger partial charge on any atom is 0.230 e. The maximum absolute atomic E-state index is 12.5. The lowest BCUT2D eigenvalue weighted by Crippen LogP contribution is -2.49. The summed E-state index contributed by atoms with van der Waals surface area (Å²) < 4.78 is 5.93. The monoisotopic (exact) mass is 451 g/mol. The normalized spacial score (nSPS) is 16.6. The summed E-state index contributed by atoms with van der Waals surface area (Å²) in [6, 6.07) is 12.1. The van der Waals surface area contributed by atoms with E-state index in [1.54, 1.807) is 12.4 Å². The molecular formula is C24H29N5O2S. The van der Waals surface area contributed by atoms with E-state index in [0.29, 0.717) is 17.8 Å². The third-order valence-electron chi connectivity index (χ3n) is 5.33. The SMILES string of the molecule is CC1CN(CCCOc2cccc(CC(=O)Nc3nc(-c4ccncc4)cs3)c2)CCN1. The number of anilines is 1. The van der Waals surface area contributed by atoms with E-state index in [-0.39, 0.29) is 12.3 Å². The number of nitrogens with zero attached hydrogens (tertiary/aromatic N) is 3. The van der Waals surface area contributed by atoms with Crippen LogP contribution in [0.5, 0.6) is 5.75 Å². The van der Waals surface area contributed by atoms with Gasteiger partial charge in [0.15, 0.2) is 5.13 Å². The molecule has 0 radical (unpaired) electrons. The molecule has 3 aromatic rings. The Morgan fingerprint density at radius 3 is 3.03 bits per heavy atom. The molecule has 1 aliphatic rings. The number of aromatic nitrogens is 2. The van der Waals surface area contributed by atoms with Crippen LogP contribution in [-0.2, 0) is 11.2 Å². The Hall–Kier alpha value is -2.81. The highest BCUT2D eigenvalue weighted by Gasteiger charge is 2.14. The molecular weight excluding hydrogens is 422 g/mol. The fourth-order valence-corrected chi connectivity index (χ4v) is 4.51. The fourth-order valence-electron chi connectivity index (χ4n) is 3.77. The van der Waals surface area contributed by atoms with Crippen LogP contribution in [-0.4, -0.2) is 59.6 Å². The molecule has 1 aliphatic heterocycles. The van der Waals surface area contributed by atoms with Gasteiger partial charge in [0.05, 0.1) is 18.7 Å². The molecule has 1 atom stereocenters. The second kappa shape index (κ2) is 11.2. The molecule has 2 aromatic heterocycles. The van der Waals surface area contributed by atoms with Gasteiger partial charge in [-0.2, -0.15) is 0 Å². The van der Waals surface area contributed by atoms with Crippen LogP contribution in [0.3, 0.4) is 0 Å². The molecule has 32 heavy (non-hydrogen) atoms. The van der Waals surface area contributed by atoms with Gasteiger partial charge in [-0.3, -0.25) is 9.78 Å². The van der Waals surface area contributed by atoms with Crippen molar-refractivity contribution < 1.29 is 9.53 Å². The van der Waals surface area contributed by atoms with E-state index >= 15 is 0 Å². The first-order chi connectivity index (χ1) is 15.7. The van der Waals surface area contributed by atoms with Gasteiger partial charge >= 0.3 is 0 Å². The Kier molecular flexibility index (Phi) is 7.82. The highest BCUT2D eigenvalue weighted by molar-refractivity contribution is 7.14. The number of rotatable bonds is 9. The molecule has 0 spiro atoms. The molecule has 1 saturated heterocycles. The Balaban J connectivity index is 1.23. The first kappa shape index (κ1) is 22.4.